The van der Waals surface area contributed by atoms with Crippen molar-refractivity contribution >= 4 is 12.0 Å². The van der Waals surface area contributed by atoms with Crippen molar-refractivity contribution in [2.24, 2.45) is 0 Å². The number of alkyl halides is 13. The van der Waals surface area contributed by atoms with Crippen LogP contribution < -0.4 is 0 Å². The minimum atomic E-state index is -7.95. The lowest BCUT2D eigenvalue weighted by Gasteiger charge is -2.39. The number of rotatable bonds is 11. The molecular formula is C24H17F13O2. The number of halogens is 13. The molecule has 0 amide bonds. The second kappa shape index (κ2) is 10.7. The first-order chi connectivity index (χ1) is 17.6. The number of ether oxygens (including phenoxy) is 1. The highest BCUT2D eigenvalue weighted by atomic mass is 19.4. The molecule has 2 nitrogen and oxygen atoms in total. The molecule has 0 fully saturated rings. The van der Waals surface area contributed by atoms with Crippen molar-refractivity contribution in [2.45, 2.75) is 55.2 Å². The van der Waals surface area contributed by atoms with Crippen LogP contribution in [0.15, 0.2) is 55.1 Å². The second-order valence-electron chi connectivity index (χ2n) is 8.23. The Hall–Kier alpha value is -3.26. The normalized spacial score (nSPS) is 13.8. The Morgan fingerprint density at radius 3 is 1.77 bits per heavy atom. The van der Waals surface area contributed by atoms with Gasteiger partial charge in [-0.1, -0.05) is 49.1 Å². The summed E-state index contributed by atoms with van der Waals surface area (Å²) >= 11 is 0. The number of hydrogen-bond acceptors (Lipinski definition) is 2. The van der Waals surface area contributed by atoms with E-state index in [-0.39, 0.29) is 17.7 Å². The smallest absolute Gasteiger partial charge is 0.457 e. The second-order valence-corrected chi connectivity index (χ2v) is 8.23. The SMILES string of the molecule is C=Cc1cc(CCC(F)(F)C(F)(F)C(F)(F)C(F)(F)C(F)(F)C(F)(F)F)cc(C(=O)OCc2ccccc2)c1. The number of carbonyl (C=O) groups excluding carboxylic acids is 1. The molecule has 0 N–H and O–H groups in total. The van der Waals surface area contributed by atoms with E-state index in [1.807, 2.05) is 0 Å². The number of aryl methyl sites for hydroxylation is 1. The van der Waals surface area contributed by atoms with E-state index in [9.17, 15) is 61.9 Å². The molecule has 0 unspecified atom stereocenters. The van der Waals surface area contributed by atoms with Crippen LogP contribution in [0.4, 0.5) is 57.1 Å². The molecule has 2 aromatic carbocycles. The standard InChI is InChI=1S/C24H17F13O2/c1-2-14-10-16(12-17(11-14)18(38)39-13-15-6-4-3-5-7-15)8-9-19(25,26)20(27,28)21(29,30)22(31,32)23(33,34)24(35,36)37/h2-7,10-12H,1,8-9,13H2. The summed E-state index contributed by atoms with van der Waals surface area (Å²) in [6.45, 7) is 3.10. The first kappa shape index (κ1) is 32.0. The highest BCUT2D eigenvalue weighted by Crippen LogP contribution is 2.60. The van der Waals surface area contributed by atoms with Gasteiger partial charge in [0.15, 0.2) is 0 Å². The maximum absolute atomic E-state index is 14.1. The summed E-state index contributed by atoms with van der Waals surface area (Å²) in [5.41, 5.74) is -0.196. The molecule has 2 aromatic rings. The molecule has 216 valence electrons. The van der Waals surface area contributed by atoms with E-state index in [0.717, 1.165) is 24.3 Å². The van der Waals surface area contributed by atoms with Gasteiger partial charge in [0.05, 0.1) is 5.56 Å². The maximum Gasteiger partial charge on any atom is 0.460 e. The van der Waals surface area contributed by atoms with Crippen LogP contribution in [0.3, 0.4) is 0 Å². The van der Waals surface area contributed by atoms with Gasteiger partial charge in [-0.25, -0.2) is 4.79 Å². The molecule has 0 bridgehead atoms. The van der Waals surface area contributed by atoms with Crippen LogP contribution in [0.25, 0.3) is 6.08 Å². The molecule has 0 aliphatic heterocycles. The van der Waals surface area contributed by atoms with Gasteiger partial charge in [-0.15, -0.1) is 0 Å². The third-order valence-corrected chi connectivity index (χ3v) is 5.43. The van der Waals surface area contributed by atoms with Gasteiger partial charge in [0, 0.05) is 6.42 Å². The van der Waals surface area contributed by atoms with Gasteiger partial charge in [0.2, 0.25) is 0 Å². The van der Waals surface area contributed by atoms with E-state index in [1.54, 1.807) is 30.3 Å². The number of carbonyl (C=O) groups is 1. The van der Waals surface area contributed by atoms with Crippen molar-refractivity contribution in [2.75, 3.05) is 0 Å². The topological polar surface area (TPSA) is 26.3 Å². The van der Waals surface area contributed by atoms with Gasteiger partial charge in [-0.05, 0) is 35.2 Å². The third kappa shape index (κ3) is 6.01. The summed E-state index contributed by atoms with van der Waals surface area (Å²) in [6.07, 6.45) is -10.1. The predicted octanol–water partition coefficient (Wildman–Crippen LogP) is 8.36. The van der Waals surface area contributed by atoms with Crippen LogP contribution in [0.5, 0.6) is 0 Å². The Kier molecular flexibility index (Phi) is 8.78. The van der Waals surface area contributed by atoms with Crippen LogP contribution in [0.2, 0.25) is 0 Å². The van der Waals surface area contributed by atoms with Crippen LogP contribution in [-0.2, 0) is 17.8 Å². The molecule has 0 aliphatic rings. The fraction of sp³-hybridized carbons (Fsp3) is 0.375. The monoisotopic (exact) mass is 584 g/mol. The largest absolute Gasteiger partial charge is 0.460 e. The van der Waals surface area contributed by atoms with E-state index in [1.165, 1.54) is 0 Å². The summed E-state index contributed by atoms with van der Waals surface area (Å²) < 4.78 is 178. The molecule has 39 heavy (non-hydrogen) atoms. The highest BCUT2D eigenvalue weighted by Gasteiger charge is 2.90. The van der Waals surface area contributed by atoms with Crippen molar-refractivity contribution in [3.63, 3.8) is 0 Å². The Bertz CT molecular complexity index is 1170. The van der Waals surface area contributed by atoms with Crippen molar-refractivity contribution in [1.82, 2.24) is 0 Å². The van der Waals surface area contributed by atoms with Gasteiger partial charge in [-0.3, -0.25) is 0 Å². The molecule has 2 rings (SSSR count). The molecule has 0 saturated carbocycles. The van der Waals surface area contributed by atoms with E-state index < -0.39 is 60.2 Å². The van der Waals surface area contributed by atoms with Crippen LogP contribution in [-0.4, -0.2) is 41.8 Å². The molecule has 15 heteroatoms. The first-order valence-electron chi connectivity index (χ1n) is 10.6. The minimum Gasteiger partial charge on any atom is -0.457 e. The van der Waals surface area contributed by atoms with Gasteiger partial charge in [-0.2, -0.15) is 57.1 Å². The minimum absolute atomic E-state index is 0.0240. The Labute approximate surface area is 212 Å². The Morgan fingerprint density at radius 1 is 0.718 bits per heavy atom. The predicted molar refractivity (Wildman–Crippen MR) is 111 cm³/mol. The molecule has 0 spiro atoms. The van der Waals surface area contributed by atoms with Crippen LogP contribution in [0.1, 0.15) is 33.5 Å². The quantitative estimate of drug-likeness (QED) is 0.196. The average Bonchev–Trinajstić information content (AvgIpc) is 2.85. The number of esters is 1. The van der Waals surface area contributed by atoms with Crippen LogP contribution >= 0.6 is 0 Å². The Morgan fingerprint density at radius 2 is 1.26 bits per heavy atom. The molecule has 0 saturated heterocycles. The number of hydrogen-bond donors (Lipinski definition) is 0. The van der Waals surface area contributed by atoms with Crippen molar-refractivity contribution in [3.8, 4) is 0 Å². The lowest BCUT2D eigenvalue weighted by Crippen LogP contribution is -2.70. The van der Waals surface area contributed by atoms with E-state index in [0.29, 0.717) is 5.56 Å². The zero-order chi connectivity index (χ0) is 30.1. The van der Waals surface area contributed by atoms with Crippen molar-refractivity contribution in [3.05, 3.63) is 77.4 Å². The summed E-state index contributed by atoms with van der Waals surface area (Å²) in [5.74, 6) is -38.2. The molecule has 0 radical (unpaired) electrons. The van der Waals surface area contributed by atoms with Gasteiger partial charge >= 0.3 is 41.8 Å². The fourth-order valence-corrected chi connectivity index (χ4v) is 3.17. The summed E-state index contributed by atoms with van der Waals surface area (Å²) in [6, 6.07) is 11.0. The first-order valence-corrected chi connectivity index (χ1v) is 10.6. The molecular weight excluding hydrogens is 567 g/mol. The molecule has 0 aliphatic carbocycles. The average molecular weight is 584 g/mol. The summed E-state index contributed by atoms with van der Waals surface area (Å²) in [7, 11) is 0. The van der Waals surface area contributed by atoms with Gasteiger partial charge in [0.25, 0.3) is 0 Å². The molecule has 0 atom stereocenters. The van der Waals surface area contributed by atoms with E-state index in [2.05, 4.69) is 6.58 Å². The molecule has 0 aromatic heterocycles. The van der Waals surface area contributed by atoms with Crippen LogP contribution in [0, 0.1) is 0 Å². The zero-order valence-electron chi connectivity index (χ0n) is 19.3. The molecule has 0 heterocycles. The Balaban J connectivity index is 2.30. The zero-order valence-corrected chi connectivity index (χ0v) is 19.3. The maximum atomic E-state index is 14.1. The van der Waals surface area contributed by atoms with E-state index >= 15 is 0 Å². The lowest BCUT2D eigenvalue weighted by molar-refractivity contribution is -0.440. The van der Waals surface area contributed by atoms with Crippen molar-refractivity contribution < 1.29 is 66.6 Å². The number of benzene rings is 2. The lowest BCUT2D eigenvalue weighted by atomic mass is 9.90. The third-order valence-electron chi connectivity index (χ3n) is 5.43. The summed E-state index contributed by atoms with van der Waals surface area (Å²) in [5, 5.41) is 0. The van der Waals surface area contributed by atoms with Gasteiger partial charge in [0.1, 0.15) is 6.61 Å². The summed E-state index contributed by atoms with van der Waals surface area (Å²) in [4.78, 5) is 12.3. The van der Waals surface area contributed by atoms with Crippen molar-refractivity contribution in [1.29, 1.82) is 0 Å². The van der Waals surface area contributed by atoms with E-state index in [4.69, 9.17) is 4.74 Å². The van der Waals surface area contributed by atoms with Gasteiger partial charge < -0.3 is 4.74 Å². The highest BCUT2D eigenvalue weighted by molar-refractivity contribution is 5.90. The fourth-order valence-electron chi connectivity index (χ4n) is 3.17.